The van der Waals surface area contributed by atoms with E-state index >= 15 is 0 Å². The van der Waals surface area contributed by atoms with Gasteiger partial charge in [-0.2, -0.15) is 0 Å². The average Bonchev–Trinajstić information content (AvgIpc) is 2.19. The Morgan fingerprint density at radius 3 is 1.71 bits per heavy atom. The van der Waals surface area contributed by atoms with Gasteiger partial charge in [0.15, 0.2) is 0 Å². The lowest BCUT2D eigenvalue weighted by molar-refractivity contribution is 0.0220. The highest BCUT2D eigenvalue weighted by atomic mass is 15.2. The summed E-state index contributed by atoms with van der Waals surface area (Å²) in [5.41, 5.74) is 0.825. The Morgan fingerprint density at radius 1 is 0.929 bits per heavy atom. The first-order valence-electron chi connectivity index (χ1n) is 6.46. The van der Waals surface area contributed by atoms with Crippen molar-refractivity contribution >= 4 is 0 Å². The van der Waals surface area contributed by atoms with E-state index in [1.54, 1.807) is 0 Å². The molecular weight excluding hydrogens is 170 g/mol. The summed E-state index contributed by atoms with van der Waals surface area (Å²) in [6.07, 6.45) is 7.51. The van der Waals surface area contributed by atoms with Gasteiger partial charge in [-0.1, -0.05) is 20.3 Å². The standard InChI is InChI=1S/C11H21N.C2H6/c1-10(2)12-8-6-11(7-9-12)4-3-5-11;1-2/h10H,3-9H2,1-2H3;1-2H3. The molecular formula is C13H27N. The van der Waals surface area contributed by atoms with Gasteiger partial charge in [0.1, 0.15) is 0 Å². The smallest absolute Gasteiger partial charge is 0.00385 e. The lowest BCUT2D eigenvalue weighted by Gasteiger charge is -2.49. The van der Waals surface area contributed by atoms with Gasteiger partial charge >= 0.3 is 0 Å². The van der Waals surface area contributed by atoms with Gasteiger partial charge in [0.05, 0.1) is 0 Å². The molecule has 2 fully saturated rings. The van der Waals surface area contributed by atoms with Crippen LogP contribution in [0.5, 0.6) is 0 Å². The fraction of sp³-hybridized carbons (Fsp3) is 1.00. The van der Waals surface area contributed by atoms with Crippen molar-refractivity contribution in [2.45, 2.75) is 65.8 Å². The molecule has 0 bridgehead atoms. The summed E-state index contributed by atoms with van der Waals surface area (Å²) in [6, 6.07) is 0.766. The molecule has 1 nitrogen and oxygen atoms in total. The highest BCUT2D eigenvalue weighted by Gasteiger charge is 2.39. The summed E-state index contributed by atoms with van der Waals surface area (Å²) < 4.78 is 0. The molecule has 0 aromatic carbocycles. The molecule has 2 aliphatic rings. The highest BCUT2D eigenvalue weighted by molar-refractivity contribution is 4.92. The Hall–Kier alpha value is -0.0400. The van der Waals surface area contributed by atoms with E-state index in [4.69, 9.17) is 0 Å². The van der Waals surface area contributed by atoms with Crippen molar-refractivity contribution in [3.8, 4) is 0 Å². The number of hydrogen-bond acceptors (Lipinski definition) is 1. The molecule has 0 amide bonds. The molecule has 1 saturated heterocycles. The monoisotopic (exact) mass is 197 g/mol. The van der Waals surface area contributed by atoms with E-state index in [-0.39, 0.29) is 0 Å². The molecule has 1 saturated carbocycles. The van der Waals surface area contributed by atoms with Crippen molar-refractivity contribution in [1.82, 2.24) is 4.90 Å². The van der Waals surface area contributed by atoms with Crippen LogP contribution in [0, 0.1) is 5.41 Å². The van der Waals surface area contributed by atoms with E-state index in [1.807, 2.05) is 13.8 Å². The summed E-state index contributed by atoms with van der Waals surface area (Å²) >= 11 is 0. The predicted octanol–water partition coefficient (Wildman–Crippen LogP) is 3.69. The molecule has 1 spiro atoms. The van der Waals surface area contributed by atoms with Crippen molar-refractivity contribution in [3.63, 3.8) is 0 Å². The molecule has 1 aliphatic heterocycles. The Balaban J connectivity index is 0.000000461. The van der Waals surface area contributed by atoms with Crippen molar-refractivity contribution in [3.05, 3.63) is 0 Å². The van der Waals surface area contributed by atoms with E-state index in [0.717, 1.165) is 11.5 Å². The van der Waals surface area contributed by atoms with Crippen LogP contribution in [0.2, 0.25) is 0 Å². The van der Waals surface area contributed by atoms with Crippen LogP contribution in [-0.4, -0.2) is 24.0 Å². The maximum Gasteiger partial charge on any atom is 0.00385 e. The second kappa shape index (κ2) is 5.16. The Bertz CT molecular complexity index is 149. The fourth-order valence-corrected chi connectivity index (χ4v) is 2.69. The molecule has 2 rings (SSSR count). The Kier molecular flexibility index (Phi) is 4.43. The lowest BCUT2D eigenvalue weighted by Crippen LogP contribution is -2.45. The van der Waals surface area contributed by atoms with E-state index in [1.165, 1.54) is 45.2 Å². The summed E-state index contributed by atoms with van der Waals surface area (Å²) in [6.45, 7) is 11.4. The van der Waals surface area contributed by atoms with Crippen LogP contribution < -0.4 is 0 Å². The third-order valence-electron chi connectivity index (χ3n) is 4.00. The molecule has 0 N–H and O–H groups in total. The summed E-state index contributed by atoms with van der Waals surface area (Å²) in [5, 5.41) is 0. The summed E-state index contributed by atoms with van der Waals surface area (Å²) in [5.74, 6) is 0. The quantitative estimate of drug-likeness (QED) is 0.620. The third kappa shape index (κ3) is 2.50. The topological polar surface area (TPSA) is 3.24 Å². The zero-order valence-electron chi connectivity index (χ0n) is 10.5. The fourth-order valence-electron chi connectivity index (χ4n) is 2.69. The molecule has 0 radical (unpaired) electrons. The molecule has 0 aromatic heterocycles. The van der Waals surface area contributed by atoms with E-state index in [9.17, 15) is 0 Å². The Morgan fingerprint density at radius 2 is 1.43 bits per heavy atom. The minimum Gasteiger partial charge on any atom is -0.301 e. The SMILES string of the molecule is CC.CC(C)N1CCC2(CCC2)CC1. The van der Waals surface area contributed by atoms with Gasteiger partial charge in [-0.15, -0.1) is 0 Å². The van der Waals surface area contributed by atoms with Crippen LogP contribution in [0.3, 0.4) is 0 Å². The maximum absolute atomic E-state index is 2.63. The molecule has 0 atom stereocenters. The molecule has 0 unspecified atom stereocenters. The predicted molar refractivity (Wildman–Crippen MR) is 63.6 cm³/mol. The zero-order valence-corrected chi connectivity index (χ0v) is 10.5. The first-order chi connectivity index (χ1) is 6.72. The summed E-state index contributed by atoms with van der Waals surface area (Å²) in [4.78, 5) is 2.63. The van der Waals surface area contributed by atoms with Crippen molar-refractivity contribution in [1.29, 1.82) is 0 Å². The van der Waals surface area contributed by atoms with Crippen LogP contribution in [0.15, 0.2) is 0 Å². The van der Waals surface area contributed by atoms with Gasteiger partial charge in [0.2, 0.25) is 0 Å². The molecule has 1 aliphatic carbocycles. The van der Waals surface area contributed by atoms with Gasteiger partial charge < -0.3 is 4.90 Å². The van der Waals surface area contributed by atoms with Gasteiger partial charge in [0, 0.05) is 6.04 Å². The van der Waals surface area contributed by atoms with E-state index in [2.05, 4.69) is 18.7 Å². The van der Waals surface area contributed by atoms with Gasteiger partial charge in [-0.25, -0.2) is 0 Å². The summed E-state index contributed by atoms with van der Waals surface area (Å²) in [7, 11) is 0. The molecule has 84 valence electrons. The number of piperidine rings is 1. The van der Waals surface area contributed by atoms with Crippen molar-refractivity contribution in [2.75, 3.05) is 13.1 Å². The molecule has 1 heteroatoms. The molecule has 1 heterocycles. The zero-order chi connectivity index (χ0) is 10.6. The number of nitrogens with zero attached hydrogens (tertiary/aromatic N) is 1. The van der Waals surface area contributed by atoms with E-state index in [0.29, 0.717) is 0 Å². The van der Waals surface area contributed by atoms with E-state index < -0.39 is 0 Å². The largest absolute Gasteiger partial charge is 0.301 e. The van der Waals surface area contributed by atoms with Crippen molar-refractivity contribution in [2.24, 2.45) is 5.41 Å². The first-order valence-corrected chi connectivity index (χ1v) is 6.46. The van der Waals surface area contributed by atoms with Gasteiger partial charge in [-0.3, -0.25) is 0 Å². The van der Waals surface area contributed by atoms with Gasteiger partial charge in [-0.05, 0) is 58.0 Å². The highest BCUT2D eigenvalue weighted by Crippen LogP contribution is 2.48. The van der Waals surface area contributed by atoms with Crippen molar-refractivity contribution < 1.29 is 0 Å². The van der Waals surface area contributed by atoms with Crippen LogP contribution in [0.4, 0.5) is 0 Å². The number of likely N-dealkylation sites (tertiary alicyclic amines) is 1. The Labute approximate surface area is 89.9 Å². The minimum absolute atomic E-state index is 0.766. The van der Waals surface area contributed by atoms with Crippen LogP contribution in [-0.2, 0) is 0 Å². The van der Waals surface area contributed by atoms with Gasteiger partial charge in [0.25, 0.3) is 0 Å². The number of rotatable bonds is 1. The normalized spacial score (nSPS) is 25.5. The minimum atomic E-state index is 0.766. The third-order valence-corrected chi connectivity index (χ3v) is 4.00. The average molecular weight is 197 g/mol. The van der Waals surface area contributed by atoms with Crippen LogP contribution in [0.25, 0.3) is 0 Å². The first kappa shape index (κ1) is 12.0. The number of hydrogen-bond donors (Lipinski definition) is 0. The van der Waals surface area contributed by atoms with Crippen LogP contribution >= 0.6 is 0 Å². The molecule has 0 aromatic rings. The second-order valence-corrected chi connectivity index (χ2v) is 4.98. The second-order valence-electron chi connectivity index (χ2n) is 4.98. The lowest BCUT2D eigenvalue weighted by atomic mass is 9.63. The molecule has 14 heavy (non-hydrogen) atoms. The maximum atomic E-state index is 2.63. The van der Waals surface area contributed by atoms with Crippen LogP contribution in [0.1, 0.15) is 59.8 Å².